The summed E-state index contributed by atoms with van der Waals surface area (Å²) in [6, 6.07) is 7.58. The van der Waals surface area contributed by atoms with Crippen LogP contribution in [0.3, 0.4) is 0 Å². The van der Waals surface area contributed by atoms with Crippen LogP contribution in [0.1, 0.15) is 5.56 Å². The largest absolute Gasteiger partial charge is 0.437 e. The van der Waals surface area contributed by atoms with Crippen molar-refractivity contribution in [1.29, 1.82) is 0 Å². The topological polar surface area (TPSA) is 61.0 Å². The van der Waals surface area contributed by atoms with Crippen molar-refractivity contribution in [2.24, 2.45) is 0 Å². The number of nitrogen functional groups attached to an aromatic ring is 1. The SMILES string of the molecule is Cc1ccccc1Oc1ncnc(N)c1Cl. The minimum atomic E-state index is 0.209. The third-order valence-corrected chi connectivity index (χ3v) is 2.44. The van der Waals surface area contributed by atoms with Crippen LogP contribution in [0, 0.1) is 6.92 Å². The summed E-state index contributed by atoms with van der Waals surface area (Å²) >= 11 is 5.92. The number of aromatic nitrogens is 2. The van der Waals surface area contributed by atoms with E-state index in [0.29, 0.717) is 5.75 Å². The molecule has 1 aromatic carbocycles. The molecule has 2 aromatic rings. The second kappa shape index (κ2) is 4.37. The molecule has 0 aliphatic rings. The van der Waals surface area contributed by atoms with Gasteiger partial charge in [-0.25, -0.2) is 4.98 Å². The Labute approximate surface area is 98.0 Å². The summed E-state index contributed by atoms with van der Waals surface area (Å²) in [7, 11) is 0. The van der Waals surface area contributed by atoms with Gasteiger partial charge < -0.3 is 10.5 Å². The molecule has 5 heteroatoms. The van der Waals surface area contributed by atoms with E-state index in [1.807, 2.05) is 31.2 Å². The lowest BCUT2D eigenvalue weighted by molar-refractivity contribution is 0.459. The highest BCUT2D eigenvalue weighted by Gasteiger charge is 2.09. The first-order valence-electron chi connectivity index (χ1n) is 4.68. The van der Waals surface area contributed by atoms with E-state index < -0.39 is 0 Å². The summed E-state index contributed by atoms with van der Waals surface area (Å²) in [5.74, 6) is 1.17. The van der Waals surface area contributed by atoms with Crippen LogP contribution in [0.5, 0.6) is 11.6 Å². The Morgan fingerprint density at radius 2 is 2.00 bits per heavy atom. The standard InChI is InChI=1S/C11H10ClN3O/c1-7-4-2-3-5-8(7)16-11-9(12)10(13)14-6-15-11/h2-6H,1H3,(H2,13,14,15). The molecule has 0 saturated carbocycles. The zero-order valence-corrected chi connectivity index (χ0v) is 9.40. The molecule has 82 valence electrons. The highest BCUT2D eigenvalue weighted by molar-refractivity contribution is 6.34. The molecule has 2 N–H and O–H groups in total. The molecule has 0 unspecified atom stereocenters. The van der Waals surface area contributed by atoms with Crippen LogP contribution in [-0.2, 0) is 0 Å². The summed E-state index contributed by atoms with van der Waals surface area (Å²) in [4.78, 5) is 7.69. The summed E-state index contributed by atoms with van der Waals surface area (Å²) in [6.45, 7) is 1.94. The fraction of sp³-hybridized carbons (Fsp3) is 0.0909. The van der Waals surface area contributed by atoms with Crippen molar-refractivity contribution >= 4 is 17.4 Å². The molecule has 0 aliphatic carbocycles. The number of hydrogen-bond acceptors (Lipinski definition) is 4. The van der Waals surface area contributed by atoms with Gasteiger partial charge in [-0.1, -0.05) is 29.8 Å². The molecule has 4 nitrogen and oxygen atoms in total. The highest BCUT2D eigenvalue weighted by Crippen LogP contribution is 2.30. The summed E-state index contributed by atoms with van der Waals surface area (Å²) < 4.78 is 5.56. The maximum absolute atomic E-state index is 5.92. The predicted molar refractivity (Wildman–Crippen MR) is 62.7 cm³/mol. The van der Waals surface area contributed by atoms with Gasteiger partial charge in [0.1, 0.15) is 22.9 Å². The summed E-state index contributed by atoms with van der Waals surface area (Å²) in [5, 5.41) is 0.228. The predicted octanol–water partition coefficient (Wildman–Crippen LogP) is 2.81. The Kier molecular flexibility index (Phi) is 2.92. The molecule has 2 rings (SSSR count). The molecule has 0 bridgehead atoms. The Bertz CT molecular complexity index is 516. The van der Waals surface area contributed by atoms with Gasteiger partial charge >= 0.3 is 0 Å². The second-order valence-electron chi connectivity index (χ2n) is 3.25. The van der Waals surface area contributed by atoms with Crippen molar-refractivity contribution < 1.29 is 4.74 Å². The second-order valence-corrected chi connectivity index (χ2v) is 3.62. The average molecular weight is 236 g/mol. The zero-order chi connectivity index (χ0) is 11.5. The Hall–Kier alpha value is -1.81. The highest BCUT2D eigenvalue weighted by atomic mass is 35.5. The maximum atomic E-state index is 5.92. The van der Waals surface area contributed by atoms with Crippen molar-refractivity contribution in [3.63, 3.8) is 0 Å². The maximum Gasteiger partial charge on any atom is 0.243 e. The van der Waals surface area contributed by atoms with Gasteiger partial charge in [0.2, 0.25) is 5.88 Å². The van der Waals surface area contributed by atoms with E-state index in [1.165, 1.54) is 6.33 Å². The summed E-state index contributed by atoms with van der Waals surface area (Å²) in [5.41, 5.74) is 6.55. The van der Waals surface area contributed by atoms with Gasteiger partial charge in [-0.3, -0.25) is 0 Å². The van der Waals surface area contributed by atoms with Crippen LogP contribution in [0.15, 0.2) is 30.6 Å². The molecule has 0 aliphatic heterocycles. The van der Waals surface area contributed by atoms with Crippen LogP contribution in [0.25, 0.3) is 0 Å². The van der Waals surface area contributed by atoms with E-state index in [9.17, 15) is 0 Å². The van der Waals surface area contributed by atoms with Crippen LogP contribution < -0.4 is 10.5 Å². The smallest absolute Gasteiger partial charge is 0.243 e. The van der Waals surface area contributed by atoms with E-state index >= 15 is 0 Å². The molecule has 1 aromatic heterocycles. The molecular formula is C11H10ClN3O. The minimum absolute atomic E-state index is 0.209. The van der Waals surface area contributed by atoms with Crippen molar-refractivity contribution in [2.45, 2.75) is 6.92 Å². The molecule has 0 radical (unpaired) electrons. The first kappa shape index (κ1) is 10.7. The normalized spacial score (nSPS) is 10.1. The van der Waals surface area contributed by atoms with Crippen molar-refractivity contribution in [3.05, 3.63) is 41.2 Å². The fourth-order valence-corrected chi connectivity index (χ4v) is 1.35. The molecule has 16 heavy (non-hydrogen) atoms. The van der Waals surface area contributed by atoms with E-state index in [1.54, 1.807) is 0 Å². The lowest BCUT2D eigenvalue weighted by Gasteiger charge is -2.08. The number of nitrogens with two attached hydrogens (primary N) is 1. The fourth-order valence-electron chi connectivity index (χ4n) is 1.21. The number of hydrogen-bond donors (Lipinski definition) is 1. The average Bonchev–Trinajstić information content (AvgIpc) is 2.28. The van der Waals surface area contributed by atoms with Gasteiger partial charge in [-0.2, -0.15) is 4.98 Å². The van der Waals surface area contributed by atoms with Crippen molar-refractivity contribution in [3.8, 4) is 11.6 Å². The molecule has 1 heterocycles. The van der Waals surface area contributed by atoms with Crippen LogP contribution in [0.4, 0.5) is 5.82 Å². The van der Waals surface area contributed by atoms with Crippen molar-refractivity contribution in [2.75, 3.05) is 5.73 Å². The minimum Gasteiger partial charge on any atom is -0.437 e. The molecule has 0 spiro atoms. The zero-order valence-electron chi connectivity index (χ0n) is 8.64. The molecule has 0 saturated heterocycles. The molecule has 0 atom stereocenters. The van der Waals surface area contributed by atoms with Gasteiger partial charge in [0.05, 0.1) is 0 Å². The Morgan fingerprint density at radius 3 is 2.75 bits per heavy atom. The van der Waals surface area contributed by atoms with E-state index in [0.717, 1.165) is 5.56 Å². The quantitative estimate of drug-likeness (QED) is 0.870. The van der Waals surface area contributed by atoms with Gasteiger partial charge in [0.15, 0.2) is 0 Å². The summed E-state index contributed by atoms with van der Waals surface area (Å²) in [6.07, 6.45) is 1.31. The molecular weight excluding hydrogens is 226 g/mol. The first-order valence-corrected chi connectivity index (χ1v) is 5.05. The Balaban J connectivity index is 2.35. The van der Waals surface area contributed by atoms with E-state index in [-0.39, 0.29) is 16.7 Å². The van der Waals surface area contributed by atoms with Crippen molar-refractivity contribution in [1.82, 2.24) is 9.97 Å². The molecule has 0 fully saturated rings. The number of ether oxygens (including phenoxy) is 1. The molecule has 0 amide bonds. The number of anilines is 1. The van der Waals surface area contributed by atoms with E-state index in [4.69, 9.17) is 22.1 Å². The lowest BCUT2D eigenvalue weighted by atomic mass is 10.2. The van der Waals surface area contributed by atoms with Gasteiger partial charge in [0, 0.05) is 0 Å². The van der Waals surface area contributed by atoms with E-state index in [2.05, 4.69) is 9.97 Å². The number of aryl methyl sites for hydroxylation is 1. The van der Waals surface area contributed by atoms with Crippen LogP contribution in [-0.4, -0.2) is 9.97 Å². The third-order valence-electron chi connectivity index (χ3n) is 2.08. The monoisotopic (exact) mass is 235 g/mol. The number of halogens is 1. The number of nitrogens with zero attached hydrogens (tertiary/aromatic N) is 2. The number of para-hydroxylation sites is 1. The lowest BCUT2D eigenvalue weighted by Crippen LogP contribution is -1.97. The first-order chi connectivity index (χ1) is 7.68. The van der Waals surface area contributed by atoms with Gasteiger partial charge in [-0.05, 0) is 18.6 Å². The van der Waals surface area contributed by atoms with Crippen LogP contribution >= 0.6 is 11.6 Å². The Morgan fingerprint density at radius 1 is 1.25 bits per heavy atom. The van der Waals surface area contributed by atoms with Gasteiger partial charge in [0.25, 0.3) is 0 Å². The number of rotatable bonds is 2. The number of benzene rings is 1. The third kappa shape index (κ3) is 2.06. The van der Waals surface area contributed by atoms with Crippen LogP contribution in [0.2, 0.25) is 5.02 Å². The van der Waals surface area contributed by atoms with Gasteiger partial charge in [-0.15, -0.1) is 0 Å².